The average molecular weight is 459 g/mol. The third kappa shape index (κ3) is 4.44. The number of carbonyl (C=O) groups is 2. The second kappa shape index (κ2) is 10.1. The summed E-state index contributed by atoms with van der Waals surface area (Å²) < 4.78 is 12.8. The van der Waals surface area contributed by atoms with Crippen molar-refractivity contribution in [2.24, 2.45) is 0 Å². The van der Waals surface area contributed by atoms with Crippen molar-refractivity contribution < 1.29 is 38.5 Å². The lowest BCUT2D eigenvalue weighted by Gasteiger charge is -2.34. The van der Waals surface area contributed by atoms with E-state index < -0.39 is 0 Å². The van der Waals surface area contributed by atoms with Crippen molar-refractivity contribution >= 4 is 29.1 Å². The zero-order chi connectivity index (χ0) is 23.4. The zero-order valence-corrected chi connectivity index (χ0v) is 19.2. The minimum absolute atomic E-state index is 0.114. The standard InChI is InChI=1S/C23H29N4O6/c1-4-32-23(29)25-14-12-24(13-15-25)21(28)16-33-20-11-7-10-19-22(20)27(31-3)18-9-6-5-8-17(18)26(19)30-2/h5-11,19H,4,12-16H2,1-3H3/q+1/p+1. The molecule has 2 amide bonds. The first kappa shape index (κ1) is 22.8. The summed E-state index contributed by atoms with van der Waals surface area (Å²) in [6.07, 6.45) is 5.39. The van der Waals surface area contributed by atoms with Gasteiger partial charge in [0.25, 0.3) is 5.91 Å². The highest BCUT2D eigenvalue weighted by Crippen LogP contribution is 2.28. The molecule has 0 bridgehead atoms. The van der Waals surface area contributed by atoms with Crippen LogP contribution in [0.2, 0.25) is 0 Å². The van der Waals surface area contributed by atoms with Crippen molar-refractivity contribution in [3.8, 4) is 0 Å². The highest BCUT2D eigenvalue weighted by Gasteiger charge is 2.49. The maximum absolute atomic E-state index is 12.8. The number of hydrogen-bond acceptors (Lipinski definition) is 6. The van der Waals surface area contributed by atoms with Crippen molar-refractivity contribution in [3.63, 3.8) is 0 Å². The number of allylic oxidation sites excluding steroid dienone is 2. The molecule has 0 radical (unpaired) electrons. The summed E-state index contributed by atoms with van der Waals surface area (Å²) >= 11 is 0. The lowest BCUT2D eigenvalue weighted by molar-refractivity contribution is -1.05. The van der Waals surface area contributed by atoms with Crippen LogP contribution >= 0.6 is 0 Å². The smallest absolute Gasteiger partial charge is 0.409 e. The molecule has 3 aliphatic rings. The van der Waals surface area contributed by atoms with Gasteiger partial charge in [0.05, 0.1) is 13.7 Å². The Bertz CT molecular complexity index is 996. The molecule has 2 unspecified atom stereocenters. The molecule has 0 spiro atoms. The number of carbonyl (C=O) groups excluding carboxylic acids is 2. The van der Waals surface area contributed by atoms with Gasteiger partial charge in [-0.05, 0) is 19.1 Å². The van der Waals surface area contributed by atoms with E-state index in [1.165, 1.54) is 0 Å². The van der Waals surface area contributed by atoms with Gasteiger partial charge in [0.15, 0.2) is 12.4 Å². The van der Waals surface area contributed by atoms with Gasteiger partial charge in [0, 0.05) is 43.1 Å². The minimum Gasteiger partial charge on any atom is -0.477 e. The van der Waals surface area contributed by atoms with E-state index >= 15 is 0 Å². The monoisotopic (exact) mass is 458 g/mol. The number of piperazine rings is 1. The van der Waals surface area contributed by atoms with Crippen LogP contribution < -0.4 is 5.06 Å². The predicted octanol–water partition coefficient (Wildman–Crippen LogP) is 0.564. The fourth-order valence-corrected chi connectivity index (χ4v) is 4.32. The summed E-state index contributed by atoms with van der Waals surface area (Å²) in [7, 11) is 3.25. The van der Waals surface area contributed by atoms with E-state index in [4.69, 9.17) is 19.1 Å². The topological polar surface area (TPSA) is 85.0 Å². The molecule has 1 aromatic carbocycles. The van der Waals surface area contributed by atoms with Gasteiger partial charge in [-0.3, -0.25) is 9.63 Å². The van der Waals surface area contributed by atoms with E-state index in [1.807, 2.05) is 42.5 Å². The summed E-state index contributed by atoms with van der Waals surface area (Å²) in [5.74, 6) is 0.411. The van der Waals surface area contributed by atoms with Crippen molar-refractivity contribution in [2.75, 3.05) is 53.6 Å². The number of fused-ring (bicyclic) bond motifs is 2. The highest BCUT2D eigenvalue weighted by molar-refractivity contribution is 6.02. The van der Waals surface area contributed by atoms with Gasteiger partial charge in [-0.25, -0.2) is 9.63 Å². The number of amides is 2. The lowest BCUT2D eigenvalue weighted by atomic mass is 10.0. The number of hydroxylamine groups is 1. The van der Waals surface area contributed by atoms with Crippen LogP contribution in [0.15, 0.2) is 48.3 Å². The maximum atomic E-state index is 12.8. The Hall–Kier alpha value is -3.37. The lowest BCUT2D eigenvalue weighted by Crippen LogP contribution is -3.12. The molecular formula is C23H30N4O6+2. The molecule has 33 heavy (non-hydrogen) atoms. The van der Waals surface area contributed by atoms with Crippen LogP contribution in [0, 0.1) is 0 Å². The van der Waals surface area contributed by atoms with E-state index in [1.54, 1.807) is 35.7 Å². The third-order valence-corrected chi connectivity index (χ3v) is 5.90. The van der Waals surface area contributed by atoms with Gasteiger partial charge in [-0.2, -0.15) is 0 Å². The van der Waals surface area contributed by atoms with Gasteiger partial charge >= 0.3 is 17.5 Å². The van der Waals surface area contributed by atoms with Gasteiger partial charge in [-0.15, -0.1) is 5.06 Å². The predicted molar refractivity (Wildman–Crippen MR) is 118 cm³/mol. The number of nitrogens with one attached hydrogen (secondary N) is 1. The summed E-state index contributed by atoms with van der Waals surface area (Å²) in [6, 6.07) is 7.63. The van der Waals surface area contributed by atoms with Crippen LogP contribution in [0.4, 0.5) is 16.2 Å². The van der Waals surface area contributed by atoms with Crippen LogP contribution in [0.1, 0.15) is 6.92 Å². The summed E-state index contributed by atoms with van der Waals surface area (Å²) in [5.41, 5.74) is 2.54. The first-order valence-corrected chi connectivity index (χ1v) is 11.0. The van der Waals surface area contributed by atoms with Crippen molar-refractivity contribution in [1.82, 2.24) is 9.80 Å². The van der Waals surface area contributed by atoms with E-state index in [0.29, 0.717) is 38.5 Å². The fraction of sp³-hybridized carbons (Fsp3) is 0.435. The Morgan fingerprint density at radius 2 is 1.85 bits per heavy atom. The second-order valence-corrected chi connectivity index (χ2v) is 7.70. The molecule has 10 nitrogen and oxygen atoms in total. The normalized spacial score (nSPS) is 21.7. The molecule has 1 fully saturated rings. The molecular weight excluding hydrogens is 428 g/mol. The molecule has 1 aromatic rings. The minimum atomic E-state index is -0.343. The largest absolute Gasteiger partial charge is 0.477 e. The van der Waals surface area contributed by atoms with Crippen LogP contribution in [0.5, 0.6) is 0 Å². The van der Waals surface area contributed by atoms with Crippen molar-refractivity contribution in [1.29, 1.82) is 0 Å². The molecule has 0 aromatic heterocycles. The van der Waals surface area contributed by atoms with E-state index in [-0.39, 0.29) is 24.6 Å². The summed E-state index contributed by atoms with van der Waals surface area (Å²) in [5, 5.41) is 0.792. The first-order chi connectivity index (χ1) is 16.1. The zero-order valence-electron chi connectivity index (χ0n) is 19.2. The Morgan fingerprint density at radius 3 is 2.55 bits per heavy atom. The number of ether oxygens (including phenoxy) is 2. The quantitative estimate of drug-likeness (QED) is 0.628. The van der Waals surface area contributed by atoms with E-state index in [9.17, 15) is 9.59 Å². The molecule has 10 heteroatoms. The van der Waals surface area contributed by atoms with Crippen LogP contribution in [0.3, 0.4) is 0 Å². The van der Waals surface area contributed by atoms with Crippen molar-refractivity contribution in [2.45, 2.75) is 13.0 Å². The molecule has 2 aliphatic heterocycles. The Kier molecular flexibility index (Phi) is 6.95. The van der Waals surface area contributed by atoms with Crippen molar-refractivity contribution in [3.05, 3.63) is 48.3 Å². The maximum Gasteiger partial charge on any atom is 0.409 e. The number of benzene rings is 1. The van der Waals surface area contributed by atoms with E-state index in [0.717, 1.165) is 22.1 Å². The van der Waals surface area contributed by atoms with Gasteiger partial charge in [-0.1, -0.05) is 18.2 Å². The first-order valence-electron chi connectivity index (χ1n) is 11.0. The molecule has 1 N–H and O–H groups in total. The van der Waals surface area contributed by atoms with Crippen LogP contribution in [0.25, 0.3) is 0 Å². The second-order valence-electron chi connectivity index (χ2n) is 7.70. The number of nitrogens with zero attached hydrogens (tertiary/aromatic N) is 3. The molecule has 1 aliphatic carbocycles. The van der Waals surface area contributed by atoms with Gasteiger partial charge < -0.3 is 19.3 Å². The molecule has 1 saturated heterocycles. The molecule has 176 valence electrons. The van der Waals surface area contributed by atoms with Crippen LogP contribution in [-0.4, -0.2) is 91.9 Å². The molecule has 2 heterocycles. The SMILES string of the molecule is CCOC(=O)N1CCN(C(=O)COC2=CC=CC3C2=[N+](OC)c2ccccc2[NH+]3OC)CC1. The number of quaternary nitrogens is 1. The van der Waals surface area contributed by atoms with Crippen LogP contribution in [-0.2, 0) is 23.9 Å². The highest BCUT2D eigenvalue weighted by atomic mass is 16.7. The average Bonchev–Trinajstić information content (AvgIpc) is 2.86. The molecule has 4 rings (SSSR count). The Labute approximate surface area is 192 Å². The summed E-state index contributed by atoms with van der Waals surface area (Å²) in [4.78, 5) is 39.5. The Balaban J connectivity index is 1.46. The number of hydrogen-bond donors (Lipinski definition) is 1. The number of para-hydroxylation sites is 2. The fourth-order valence-electron chi connectivity index (χ4n) is 4.32. The summed E-state index contributed by atoms with van der Waals surface area (Å²) in [6.45, 7) is 3.76. The molecule has 0 saturated carbocycles. The third-order valence-electron chi connectivity index (χ3n) is 5.90. The Morgan fingerprint density at radius 1 is 1.12 bits per heavy atom. The number of rotatable bonds is 6. The van der Waals surface area contributed by atoms with Gasteiger partial charge in [0.1, 0.15) is 7.11 Å². The van der Waals surface area contributed by atoms with E-state index in [2.05, 4.69) is 0 Å². The molecule has 2 atom stereocenters. The van der Waals surface area contributed by atoms with Gasteiger partial charge in [0.2, 0.25) is 11.7 Å².